The number of piperidine rings is 1. The van der Waals surface area contributed by atoms with Crippen LogP contribution in [-0.4, -0.2) is 24.1 Å². The van der Waals surface area contributed by atoms with Crippen molar-refractivity contribution in [1.29, 1.82) is 0 Å². The molecule has 1 aromatic carbocycles. The number of hydrogen-bond acceptors (Lipinski definition) is 4. The van der Waals surface area contributed by atoms with E-state index in [9.17, 15) is 4.39 Å². The second-order valence-corrected chi connectivity index (χ2v) is 8.24. The average Bonchev–Trinajstić information content (AvgIpc) is 2.86. The number of rotatable bonds is 3. The zero-order valence-corrected chi connectivity index (χ0v) is 16.1. The Hall–Kier alpha value is -2.01. The molecule has 0 amide bonds. The summed E-state index contributed by atoms with van der Waals surface area (Å²) in [5.41, 5.74) is 4.46. The maximum atomic E-state index is 14.2. The van der Waals surface area contributed by atoms with E-state index in [4.69, 9.17) is 4.98 Å². The Labute approximate surface area is 159 Å². The highest BCUT2D eigenvalue weighted by Gasteiger charge is 2.34. The molecule has 4 heterocycles. The number of allylic oxidation sites excluding steroid dienone is 1. The molecule has 136 valence electrons. The van der Waals surface area contributed by atoms with Crippen molar-refractivity contribution in [2.24, 2.45) is 0 Å². The number of anilines is 2. The van der Waals surface area contributed by atoms with Crippen LogP contribution in [0.4, 0.5) is 15.9 Å². The molecule has 0 aliphatic carbocycles. The van der Waals surface area contributed by atoms with Crippen LogP contribution in [0.5, 0.6) is 0 Å². The van der Waals surface area contributed by atoms with Gasteiger partial charge < -0.3 is 9.80 Å². The first-order valence-corrected chi connectivity index (χ1v) is 9.52. The summed E-state index contributed by atoms with van der Waals surface area (Å²) >= 11 is 4.06. The molecule has 1 aromatic heterocycles. The predicted molar refractivity (Wildman–Crippen MR) is 110 cm³/mol. The first-order valence-electron chi connectivity index (χ1n) is 9.07. The van der Waals surface area contributed by atoms with Gasteiger partial charge in [0.05, 0.1) is 11.4 Å². The molecule has 1 saturated heterocycles. The molecule has 0 saturated carbocycles. The molecular formula is C21H24FN3S. The van der Waals surface area contributed by atoms with Crippen LogP contribution in [0.1, 0.15) is 32.3 Å². The molecule has 5 rings (SSSR count). The largest absolute Gasteiger partial charge is 0.368 e. The summed E-state index contributed by atoms with van der Waals surface area (Å²) in [5, 5.41) is -1.67. The van der Waals surface area contributed by atoms with E-state index in [-0.39, 0.29) is 0 Å². The van der Waals surface area contributed by atoms with Crippen LogP contribution in [-0.2, 0) is 5.00 Å². The lowest BCUT2D eigenvalue weighted by atomic mass is 10.0. The number of aromatic nitrogens is 1. The van der Waals surface area contributed by atoms with Crippen molar-refractivity contribution in [3.8, 4) is 11.3 Å². The van der Waals surface area contributed by atoms with Crippen molar-refractivity contribution in [3.63, 3.8) is 0 Å². The topological polar surface area (TPSA) is 19.4 Å². The maximum absolute atomic E-state index is 14.2. The van der Waals surface area contributed by atoms with E-state index in [1.165, 1.54) is 6.92 Å². The number of alkyl halides is 1. The smallest absolute Gasteiger partial charge is 0.175 e. The predicted octanol–water partition coefficient (Wildman–Crippen LogP) is 5.14. The van der Waals surface area contributed by atoms with Crippen molar-refractivity contribution in [1.82, 2.24) is 4.98 Å². The van der Waals surface area contributed by atoms with Gasteiger partial charge in [0, 0.05) is 30.4 Å². The molecule has 1 fully saturated rings. The summed E-state index contributed by atoms with van der Waals surface area (Å²) in [7, 11) is 0. The maximum Gasteiger partial charge on any atom is 0.175 e. The van der Waals surface area contributed by atoms with Gasteiger partial charge in [-0.25, -0.2) is 9.37 Å². The lowest BCUT2D eigenvalue weighted by Gasteiger charge is -2.33. The first-order chi connectivity index (χ1) is 12.3. The Morgan fingerprint density at radius 2 is 2.00 bits per heavy atom. The van der Waals surface area contributed by atoms with Crippen molar-refractivity contribution < 1.29 is 4.39 Å². The molecule has 0 spiro atoms. The lowest BCUT2D eigenvalue weighted by Crippen LogP contribution is -2.40. The second-order valence-electron chi connectivity index (χ2n) is 7.40. The van der Waals surface area contributed by atoms with Gasteiger partial charge in [-0.2, -0.15) is 0 Å². The molecule has 3 aliphatic heterocycles. The monoisotopic (exact) mass is 369 g/mol. The van der Waals surface area contributed by atoms with Gasteiger partial charge in [0.1, 0.15) is 0 Å². The Morgan fingerprint density at radius 3 is 2.65 bits per heavy atom. The number of thiol groups is 1. The van der Waals surface area contributed by atoms with E-state index in [1.54, 1.807) is 6.07 Å². The zero-order chi connectivity index (χ0) is 18.5. The van der Waals surface area contributed by atoms with Crippen LogP contribution in [0, 0.1) is 0 Å². The van der Waals surface area contributed by atoms with Crippen molar-refractivity contribution in [2.75, 3.05) is 22.9 Å². The lowest BCUT2D eigenvalue weighted by molar-refractivity contribution is 0.328. The van der Waals surface area contributed by atoms with Gasteiger partial charge in [-0.15, -0.1) is 12.6 Å². The highest BCUT2D eigenvalue weighted by molar-refractivity contribution is 7.81. The Bertz CT molecular complexity index is 851. The quantitative estimate of drug-likeness (QED) is 0.756. The minimum Gasteiger partial charge on any atom is -0.368 e. The molecule has 2 aromatic rings. The molecule has 1 atom stereocenters. The minimum absolute atomic E-state index is 0.450. The summed E-state index contributed by atoms with van der Waals surface area (Å²) in [6.45, 7) is 9.80. The molecule has 1 unspecified atom stereocenters. The van der Waals surface area contributed by atoms with E-state index in [1.807, 2.05) is 31.2 Å². The molecule has 3 aliphatic rings. The van der Waals surface area contributed by atoms with E-state index in [0.29, 0.717) is 11.6 Å². The summed E-state index contributed by atoms with van der Waals surface area (Å²) in [6, 6.07) is 12.0. The number of hydrogen-bond donors (Lipinski definition) is 1. The van der Waals surface area contributed by atoms with Gasteiger partial charge in [-0.3, -0.25) is 0 Å². The fraction of sp³-hybridized carbons (Fsp3) is 0.381. The normalized spacial score (nSPS) is 19.1. The van der Waals surface area contributed by atoms with Crippen molar-refractivity contribution in [3.05, 3.63) is 54.2 Å². The number of benzene rings is 1. The Kier molecular flexibility index (Phi) is 4.22. The molecule has 3 nitrogen and oxygen atoms in total. The summed E-state index contributed by atoms with van der Waals surface area (Å²) in [5.74, 6) is 0.967. The molecular weight excluding hydrogens is 345 g/mol. The molecule has 0 radical (unpaired) electrons. The van der Waals surface area contributed by atoms with E-state index < -0.39 is 5.00 Å². The zero-order valence-electron chi connectivity index (χ0n) is 15.2. The number of fused-ring (bicyclic) bond motifs is 2. The van der Waals surface area contributed by atoms with Crippen LogP contribution in [0.3, 0.4) is 0 Å². The molecule has 0 N–H and O–H groups in total. The van der Waals surface area contributed by atoms with Gasteiger partial charge in [-0.05, 0) is 50.5 Å². The number of nitrogens with zero attached hydrogens (tertiary/aromatic N) is 3. The van der Waals surface area contributed by atoms with Gasteiger partial charge >= 0.3 is 0 Å². The first kappa shape index (κ1) is 17.4. The van der Waals surface area contributed by atoms with Crippen LogP contribution in [0.25, 0.3) is 11.3 Å². The van der Waals surface area contributed by atoms with Gasteiger partial charge in [-0.1, -0.05) is 24.8 Å². The fourth-order valence-electron chi connectivity index (χ4n) is 4.02. The summed E-state index contributed by atoms with van der Waals surface area (Å²) in [4.78, 5) is 9.68. The number of halogens is 1. The third-order valence-corrected chi connectivity index (χ3v) is 5.61. The summed E-state index contributed by atoms with van der Waals surface area (Å²) < 4.78 is 14.2. The second kappa shape index (κ2) is 6.31. The van der Waals surface area contributed by atoms with Crippen LogP contribution in [0.2, 0.25) is 0 Å². The van der Waals surface area contributed by atoms with Crippen LogP contribution in [0.15, 0.2) is 48.7 Å². The summed E-state index contributed by atoms with van der Waals surface area (Å²) in [6.07, 6.45) is 2.24. The average molecular weight is 370 g/mol. The minimum atomic E-state index is -1.67. The molecule has 5 heteroatoms. The van der Waals surface area contributed by atoms with Crippen molar-refractivity contribution in [2.45, 2.75) is 37.7 Å². The van der Waals surface area contributed by atoms with E-state index in [2.05, 4.69) is 35.1 Å². The van der Waals surface area contributed by atoms with Crippen LogP contribution >= 0.6 is 12.6 Å². The highest BCUT2D eigenvalue weighted by Crippen LogP contribution is 2.41. The number of pyridine rings is 1. The van der Waals surface area contributed by atoms with E-state index in [0.717, 1.165) is 54.4 Å². The van der Waals surface area contributed by atoms with E-state index >= 15 is 0 Å². The fourth-order valence-corrected chi connectivity index (χ4v) is 4.16. The van der Waals surface area contributed by atoms with Gasteiger partial charge in [0.2, 0.25) is 0 Å². The third kappa shape index (κ3) is 2.98. The molecule has 26 heavy (non-hydrogen) atoms. The standard InChI is InChI=1S/C21H24FN3S/c1-14(2)25-17-9-11-24(12-10-17)19-8-7-18(23-20(19)25)15-5-4-6-16(13-15)21(3,22)26/h4-8,13,17,26H,1,9-12H2,2-3H3. The third-order valence-electron chi connectivity index (χ3n) is 5.35. The van der Waals surface area contributed by atoms with Crippen LogP contribution < -0.4 is 9.80 Å². The molecule has 2 bridgehead atoms. The van der Waals surface area contributed by atoms with Gasteiger partial charge in [0.25, 0.3) is 0 Å². The van der Waals surface area contributed by atoms with Crippen molar-refractivity contribution >= 4 is 24.1 Å². The Morgan fingerprint density at radius 1 is 1.27 bits per heavy atom. The SMILES string of the molecule is C=C(C)N1c2nc(-c3cccc(C(C)(F)S)c3)ccc2N2CCC1CC2. The Balaban J connectivity index is 1.83. The van der Waals surface area contributed by atoms with Gasteiger partial charge in [0.15, 0.2) is 10.8 Å². The highest BCUT2D eigenvalue weighted by atomic mass is 32.1.